The summed E-state index contributed by atoms with van der Waals surface area (Å²) in [6.07, 6.45) is 9.37. The number of hydrogen-bond donors (Lipinski definition) is 1. The highest BCUT2D eigenvalue weighted by atomic mass is 16.7. The van der Waals surface area contributed by atoms with E-state index in [0.717, 1.165) is 11.1 Å². The summed E-state index contributed by atoms with van der Waals surface area (Å²) < 4.78 is 30.5. The summed E-state index contributed by atoms with van der Waals surface area (Å²) in [7, 11) is 2.89. The van der Waals surface area contributed by atoms with Gasteiger partial charge in [-0.1, -0.05) is 29.4 Å². The van der Waals surface area contributed by atoms with Crippen LogP contribution in [-0.4, -0.2) is 65.1 Å². The Morgan fingerprint density at radius 2 is 1.68 bits per heavy atom. The van der Waals surface area contributed by atoms with Gasteiger partial charge in [0.15, 0.2) is 22.9 Å². The number of carbonyl (C=O) groups is 3. The van der Waals surface area contributed by atoms with Crippen molar-refractivity contribution in [1.29, 1.82) is 0 Å². The molecule has 2 heterocycles. The van der Waals surface area contributed by atoms with Crippen molar-refractivity contribution in [3.05, 3.63) is 69.8 Å². The first-order valence-corrected chi connectivity index (χ1v) is 15.1. The fraction of sp³-hybridized carbons (Fsp3) is 0.571. The third-order valence-electron chi connectivity index (χ3n) is 9.60. The Balaban J connectivity index is 1.65. The molecule has 0 aromatic carbocycles. The van der Waals surface area contributed by atoms with Gasteiger partial charge in [-0.15, -0.1) is 0 Å². The average Bonchev–Trinajstić information content (AvgIpc) is 3.08. The van der Waals surface area contributed by atoms with Gasteiger partial charge in [0.2, 0.25) is 5.79 Å². The van der Waals surface area contributed by atoms with E-state index in [1.165, 1.54) is 20.3 Å². The van der Waals surface area contributed by atoms with E-state index in [2.05, 4.69) is 0 Å². The lowest BCUT2D eigenvalue weighted by molar-refractivity contribution is -0.179. The van der Waals surface area contributed by atoms with Crippen molar-refractivity contribution in [2.45, 2.75) is 103 Å². The largest absolute Gasteiger partial charge is 0.479 e. The molecule has 0 aromatic heterocycles. The van der Waals surface area contributed by atoms with E-state index >= 15 is 0 Å². The minimum Gasteiger partial charge on any atom is -0.479 e. The van der Waals surface area contributed by atoms with Gasteiger partial charge >= 0.3 is 5.97 Å². The Labute approximate surface area is 259 Å². The van der Waals surface area contributed by atoms with E-state index in [1.807, 2.05) is 53.7 Å². The van der Waals surface area contributed by atoms with Crippen LogP contribution in [0.1, 0.15) is 74.7 Å². The Bertz CT molecular complexity index is 1500. The van der Waals surface area contributed by atoms with Gasteiger partial charge in [-0.25, -0.2) is 4.79 Å². The monoisotopic (exact) mass is 608 g/mol. The molecule has 0 amide bonds. The summed E-state index contributed by atoms with van der Waals surface area (Å²) >= 11 is 0. The van der Waals surface area contributed by atoms with Crippen molar-refractivity contribution in [1.82, 2.24) is 0 Å². The van der Waals surface area contributed by atoms with Crippen molar-refractivity contribution < 1.29 is 43.2 Å². The van der Waals surface area contributed by atoms with Gasteiger partial charge in [-0.05, 0) is 80.4 Å². The summed E-state index contributed by atoms with van der Waals surface area (Å²) in [6, 6.07) is 0. The molecule has 4 aliphatic carbocycles. The van der Waals surface area contributed by atoms with Crippen molar-refractivity contribution in [2.75, 3.05) is 14.2 Å². The number of carbonyl (C=O) groups excluding carboxylic acids is 3. The van der Waals surface area contributed by atoms with E-state index in [0.29, 0.717) is 12.0 Å². The number of rotatable bonds is 8. The molecule has 2 aliphatic heterocycles. The summed E-state index contributed by atoms with van der Waals surface area (Å²) in [4.78, 5) is 42.3. The standard InChI is InChI=1S/C35H44O9/c1-19(2)11-12-22-27(26(36)28-23(35(22,40-9)41-10)14-15-31(5,6)43-28)42-30(38)24-17-21-18-25-32(7,8)44-33(29(21)37,34(24,25)39)16-13-20(3)4/h11,13-15,17,21,25,39H,12,16,18H2,1-10H3/t21-,25?,33+,34-/m1/s1. The van der Waals surface area contributed by atoms with Gasteiger partial charge in [0.05, 0.1) is 16.7 Å². The lowest BCUT2D eigenvalue weighted by Gasteiger charge is -2.51. The highest BCUT2D eigenvalue weighted by Gasteiger charge is 2.78. The Morgan fingerprint density at radius 3 is 2.27 bits per heavy atom. The topological polar surface area (TPSA) is 118 Å². The maximum Gasteiger partial charge on any atom is 0.342 e. The Morgan fingerprint density at radius 1 is 1.05 bits per heavy atom. The van der Waals surface area contributed by atoms with Gasteiger partial charge in [0, 0.05) is 38.0 Å². The number of Topliss-reactive ketones (excluding diaryl/α,β-unsaturated/α-hetero) is 2. The highest BCUT2D eigenvalue weighted by molar-refractivity contribution is 6.12. The van der Waals surface area contributed by atoms with Crippen LogP contribution in [0, 0.1) is 11.8 Å². The van der Waals surface area contributed by atoms with Crippen molar-refractivity contribution in [3.8, 4) is 0 Å². The Kier molecular flexibility index (Phi) is 7.69. The predicted octanol–water partition coefficient (Wildman–Crippen LogP) is 5.11. The molecule has 4 bridgehead atoms. The van der Waals surface area contributed by atoms with Crippen LogP contribution < -0.4 is 0 Å². The lowest BCUT2D eigenvalue weighted by atomic mass is 9.53. The van der Waals surface area contributed by atoms with Crippen molar-refractivity contribution >= 4 is 17.5 Å². The molecule has 6 aliphatic rings. The predicted molar refractivity (Wildman–Crippen MR) is 162 cm³/mol. The number of esters is 1. The van der Waals surface area contributed by atoms with Gasteiger partial charge < -0.3 is 28.8 Å². The number of ketones is 2. The third-order valence-corrected chi connectivity index (χ3v) is 9.60. The molecule has 0 spiro atoms. The molecule has 238 valence electrons. The fourth-order valence-electron chi connectivity index (χ4n) is 7.51. The van der Waals surface area contributed by atoms with E-state index in [-0.39, 0.29) is 41.3 Å². The number of ether oxygens (including phenoxy) is 5. The highest BCUT2D eigenvalue weighted by Crippen LogP contribution is 2.64. The van der Waals surface area contributed by atoms with Crippen molar-refractivity contribution in [3.63, 3.8) is 0 Å². The van der Waals surface area contributed by atoms with Crippen LogP contribution in [-0.2, 0) is 38.1 Å². The molecule has 0 radical (unpaired) electrons. The summed E-state index contributed by atoms with van der Waals surface area (Å²) in [5.74, 6) is -5.00. The first kappa shape index (κ1) is 32.3. The molecule has 2 fully saturated rings. The SMILES string of the molecule is COC1(OC)C2=C(OC(C)(C)C=C2)C(=O)C(OC(=O)C2=C[C@@H]3CC4C(C)(C)O[C@@](CC=C(C)C)(C3=O)[C@@]24O)=C1CC=C(C)C. The van der Waals surface area contributed by atoms with E-state index in [9.17, 15) is 19.5 Å². The van der Waals surface area contributed by atoms with Crippen LogP contribution in [0.25, 0.3) is 0 Å². The minimum atomic E-state index is -1.97. The molecular weight excluding hydrogens is 564 g/mol. The second-order valence-corrected chi connectivity index (χ2v) is 13.9. The first-order valence-electron chi connectivity index (χ1n) is 15.1. The fourth-order valence-corrected chi connectivity index (χ4v) is 7.51. The van der Waals surface area contributed by atoms with Gasteiger partial charge in [-0.3, -0.25) is 9.59 Å². The van der Waals surface area contributed by atoms with Crippen LogP contribution in [0.3, 0.4) is 0 Å². The molecule has 1 N–H and O–H groups in total. The molecule has 44 heavy (non-hydrogen) atoms. The molecule has 6 rings (SSSR count). The summed E-state index contributed by atoms with van der Waals surface area (Å²) in [6.45, 7) is 14.9. The molecule has 9 heteroatoms. The smallest absolute Gasteiger partial charge is 0.342 e. The summed E-state index contributed by atoms with van der Waals surface area (Å²) in [5, 5.41) is 12.6. The number of hydrogen-bond acceptors (Lipinski definition) is 9. The molecule has 1 saturated carbocycles. The molecule has 0 aromatic rings. The first-order chi connectivity index (χ1) is 20.4. The molecule has 9 nitrogen and oxygen atoms in total. The molecule has 1 unspecified atom stereocenters. The average molecular weight is 609 g/mol. The maximum atomic E-state index is 14.3. The zero-order chi connectivity index (χ0) is 32.6. The van der Waals surface area contributed by atoms with Crippen LogP contribution >= 0.6 is 0 Å². The van der Waals surface area contributed by atoms with Gasteiger partial charge in [-0.2, -0.15) is 0 Å². The van der Waals surface area contributed by atoms with Crippen LogP contribution in [0.4, 0.5) is 0 Å². The van der Waals surface area contributed by atoms with Gasteiger partial charge in [0.1, 0.15) is 11.2 Å². The second-order valence-electron chi connectivity index (χ2n) is 13.9. The molecule has 4 atom stereocenters. The van der Waals surface area contributed by atoms with E-state index in [1.54, 1.807) is 26.0 Å². The number of methoxy groups -OCH3 is 2. The van der Waals surface area contributed by atoms with Crippen LogP contribution in [0.15, 0.2) is 69.8 Å². The molecular formula is C35H44O9. The quantitative estimate of drug-likeness (QED) is 0.228. The minimum absolute atomic E-state index is 0.0532. The third kappa shape index (κ3) is 4.46. The van der Waals surface area contributed by atoms with Gasteiger partial charge in [0.25, 0.3) is 5.78 Å². The summed E-state index contributed by atoms with van der Waals surface area (Å²) in [5.41, 5.74) is -2.91. The Hall–Kier alpha value is -3.11. The number of allylic oxidation sites excluding steroid dienone is 4. The van der Waals surface area contributed by atoms with E-state index in [4.69, 9.17) is 23.7 Å². The zero-order valence-corrected chi connectivity index (χ0v) is 27.4. The zero-order valence-electron chi connectivity index (χ0n) is 27.4. The van der Waals surface area contributed by atoms with Crippen LogP contribution in [0.2, 0.25) is 0 Å². The van der Waals surface area contributed by atoms with Crippen LogP contribution in [0.5, 0.6) is 0 Å². The second kappa shape index (κ2) is 10.5. The van der Waals surface area contributed by atoms with E-state index < -0.39 is 51.8 Å². The normalized spacial score (nSPS) is 32.2. The molecule has 1 saturated heterocycles. The maximum absolute atomic E-state index is 14.3. The lowest BCUT2D eigenvalue weighted by Crippen LogP contribution is -2.68. The van der Waals surface area contributed by atoms with Crippen molar-refractivity contribution in [2.24, 2.45) is 11.8 Å². The number of aliphatic hydroxyl groups is 1.